The number of ether oxygens (including phenoxy) is 1. The van der Waals surface area contributed by atoms with Gasteiger partial charge in [-0.15, -0.1) is 10.2 Å². The number of nitrogens with two attached hydrogens (primary N) is 1. The number of aryl methyl sites for hydroxylation is 1. The van der Waals surface area contributed by atoms with Crippen molar-refractivity contribution in [1.29, 1.82) is 0 Å². The molecule has 1 amide bonds. The lowest BCUT2D eigenvalue weighted by molar-refractivity contribution is -0.150. The molecule has 2 unspecified atom stereocenters. The normalized spacial score (nSPS) is 12.5. The number of rotatable bonds is 14. The summed E-state index contributed by atoms with van der Waals surface area (Å²) in [5.74, 6) is -2.45. The first-order valence-electron chi connectivity index (χ1n) is 13.7. The van der Waals surface area contributed by atoms with E-state index < -0.39 is 35.7 Å². The Morgan fingerprint density at radius 3 is 2.40 bits per heavy atom. The van der Waals surface area contributed by atoms with Crippen molar-refractivity contribution in [2.75, 3.05) is 11.9 Å². The Morgan fingerprint density at radius 1 is 0.929 bits per heavy atom. The smallest absolute Gasteiger partial charge is 0.306 e. The van der Waals surface area contributed by atoms with Gasteiger partial charge in [-0.3, -0.25) is 9.59 Å². The summed E-state index contributed by atoms with van der Waals surface area (Å²) in [4.78, 5) is 25.2. The largest absolute Gasteiger partial charge is 0.459 e. The number of carbonyl (C=O) groups is 2. The summed E-state index contributed by atoms with van der Waals surface area (Å²) in [6.45, 7) is 2.80. The van der Waals surface area contributed by atoms with Gasteiger partial charge in [0.2, 0.25) is 11.0 Å². The van der Waals surface area contributed by atoms with E-state index in [1.165, 1.54) is 29.0 Å². The lowest BCUT2D eigenvalue weighted by Crippen LogP contribution is -2.46. The third kappa shape index (κ3) is 9.51. The molecule has 1 aromatic heterocycles. The molecule has 0 saturated heterocycles. The van der Waals surface area contributed by atoms with Crippen LogP contribution in [0.1, 0.15) is 36.5 Å². The van der Waals surface area contributed by atoms with Crippen molar-refractivity contribution < 1.29 is 23.1 Å². The average Bonchev–Trinajstić information content (AvgIpc) is 3.44. The molecule has 4 rings (SSSR count). The molecule has 0 spiro atoms. The van der Waals surface area contributed by atoms with Gasteiger partial charge < -0.3 is 21.1 Å². The van der Waals surface area contributed by atoms with E-state index in [0.29, 0.717) is 22.2 Å². The molecule has 2 atom stereocenters. The number of anilines is 1. The van der Waals surface area contributed by atoms with Crippen molar-refractivity contribution in [3.63, 3.8) is 0 Å². The first-order valence-corrected chi connectivity index (χ1v) is 14.5. The van der Waals surface area contributed by atoms with E-state index in [-0.39, 0.29) is 25.8 Å². The van der Waals surface area contributed by atoms with Crippen LogP contribution < -0.4 is 16.4 Å². The fraction of sp³-hybridized carbons (Fsp3) is 0.290. The second-order valence-electron chi connectivity index (χ2n) is 9.80. The van der Waals surface area contributed by atoms with E-state index in [9.17, 15) is 18.4 Å². The van der Waals surface area contributed by atoms with Crippen LogP contribution in [0.5, 0.6) is 0 Å². The van der Waals surface area contributed by atoms with Crippen LogP contribution in [0.25, 0.3) is 10.6 Å². The van der Waals surface area contributed by atoms with E-state index in [1.54, 1.807) is 0 Å². The predicted octanol–water partition coefficient (Wildman–Crippen LogP) is 5.04. The van der Waals surface area contributed by atoms with Crippen LogP contribution in [0, 0.1) is 11.6 Å². The first-order chi connectivity index (χ1) is 20.3. The van der Waals surface area contributed by atoms with E-state index in [1.807, 2.05) is 48.5 Å². The van der Waals surface area contributed by atoms with E-state index in [0.717, 1.165) is 23.6 Å². The monoisotopic (exact) mass is 593 g/mol. The van der Waals surface area contributed by atoms with Gasteiger partial charge in [0.25, 0.3) is 0 Å². The van der Waals surface area contributed by atoms with Crippen LogP contribution in [-0.4, -0.2) is 40.8 Å². The Bertz CT molecular complexity index is 1460. The Balaban J connectivity index is 1.33. The fourth-order valence-corrected chi connectivity index (χ4v) is 5.09. The van der Waals surface area contributed by atoms with Crippen LogP contribution in [0.2, 0.25) is 0 Å². The summed E-state index contributed by atoms with van der Waals surface area (Å²) in [5.41, 5.74) is 9.87. The van der Waals surface area contributed by atoms with Crippen molar-refractivity contribution in [1.82, 2.24) is 15.5 Å². The summed E-state index contributed by atoms with van der Waals surface area (Å²) in [5, 5.41) is 15.0. The molecule has 1 heterocycles. The van der Waals surface area contributed by atoms with Gasteiger partial charge in [0.05, 0.1) is 6.42 Å². The third-order valence-corrected chi connectivity index (χ3v) is 7.36. The number of nitrogens with one attached hydrogen (secondary N) is 2. The molecule has 4 N–H and O–H groups in total. The molecule has 0 aliphatic heterocycles. The van der Waals surface area contributed by atoms with Crippen LogP contribution in [0.3, 0.4) is 0 Å². The van der Waals surface area contributed by atoms with Crippen molar-refractivity contribution in [2.24, 2.45) is 5.73 Å². The lowest BCUT2D eigenvalue weighted by Gasteiger charge is -2.25. The molecule has 0 aliphatic rings. The highest BCUT2D eigenvalue weighted by Gasteiger charge is 2.23. The molecule has 0 aliphatic carbocycles. The minimum atomic E-state index is -0.808. The standard InChI is InChI=1S/C31H33F2N5O3S/c1-2-20-7-6-8-21(13-20)18-35-19-27(26(34)16-22-14-24(32)17-25(33)15-22)41-29(40)12-11-28(39)36-31-38-37-30(42-31)23-9-4-3-5-10-23/h3-10,13-15,17,26-27,35H,2,11-12,16,18-19,34H2,1H3,(H,36,38,39). The number of amides is 1. The van der Waals surface area contributed by atoms with Gasteiger partial charge in [-0.25, -0.2) is 8.78 Å². The van der Waals surface area contributed by atoms with Gasteiger partial charge in [-0.1, -0.05) is 72.9 Å². The molecule has 3 aromatic carbocycles. The number of carbonyl (C=O) groups excluding carboxylic acids is 2. The molecule has 220 valence electrons. The average molecular weight is 594 g/mol. The maximum Gasteiger partial charge on any atom is 0.306 e. The van der Waals surface area contributed by atoms with Gasteiger partial charge in [0.15, 0.2) is 0 Å². The molecular weight excluding hydrogens is 560 g/mol. The fourth-order valence-electron chi connectivity index (χ4n) is 4.33. The lowest BCUT2D eigenvalue weighted by atomic mass is 10.0. The Hall–Kier alpha value is -4.06. The van der Waals surface area contributed by atoms with Crippen molar-refractivity contribution in [2.45, 2.75) is 51.3 Å². The number of benzene rings is 3. The number of aromatic nitrogens is 2. The molecule has 0 radical (unpaired) electrons. The van der Waals surface area contributed by atoms with Crippen molar-refractivity contribution in [3.8, 4) is 10.6 Å². The van der Waals surface area contributed by atoms with Crippen molar-refractivity contribution >= 4 is 28.3 Å². The third-order valence-electron chi connectivity index (χ3n) is 6.48. The summed E-state index contributed by atoms with van der Waals surface area (Å²) in [6, 6.07) is 20.0. The molecule has 42 heavy (non-hydrogen) atoms. The quantitative estimate of drug-likeness (QED) is 0.175. The zero-order valence-corrected chi connectivity index (χ0v) is 24.0. The molecule has 8 nitrogen and oxygen atoms in total. The van der Waals surface area contributed by atoms with Gasteiger partial charge in [-0.05, 0) is 41.7 Å². The number of esters is 1. The minimum Gasteiger partial charge on any atom is -0.459 e. The maximum atomic E-state index is 13.7. The van der Waals surface area contributed by atoms with Crippen molar-refractivity contribution in [3.05, 3.63) is 101 Å². The molecule has 11 heteroatoms. The minimum absolute atomic E-state index is 0.0842. The van der Waals surface area contributed by atoms with Gasteiger partial charge in [0, 0.05) is 37.2 Å². The molecule has 0 saturated carbocycles. The summed E-state index contributed by atoms with van der Waals surface area (Å²) in [7, 11) is 0. The summed E-state index contributed by atoms with van der Waals surface area (Å²) >= 11 is 1.23. The SMILES string of the molecule is CCc1cccc(CNCC(OC(=O)CCC(=O)Nc2nnc(-c3ccccc3)s2)C(N)Cc2cc(F)cc(F)c2)c1. The van der Waals surface area contributed by atoms with E-state index >= 15 is 0 Å². The van der Waals surface area contributed by atoms with Gasteiger partial charge >= 0.3 is 5.97 Å². The summed E-state index contributed by atoms with van der Waals surface area (Å²) in [6.07, 6.45) is -0.136. The maximum absolute atomic E-state index is 13.7. The van der Waals surface area contributed by atoms with Gasteiger partial charge in [0.1, 0.15) is 22.7 Å². The molecular formula is C31H33F2N5O3S. The molecule has 0 bridgehead atoms. The Labute approximate surface area is 247 Å². The Morgan fingerprint density at radius 2 is 1.67 bits per heavy atom. The highest BCUT2D eigenvalue weighted by molar-refractivity contribution is 7.18. The van der Waals surface area contributed by atoms with E-state index in [2.05, 4.69) is 33.8 Å². The second-order valence-corrected chi connectivity index (χ2v) is 10.8. The Kier molecular flexibility index (Phi) is 11.2. The number of hydrogen-bond acceptors (Lipinski definition) is 8. The molecule has 0 fully saturated rings. The zero-order valence-electron chi connectivity index (χ0n) is 23.2. The van der Waals surface area contributed by atoms with Crippen LogP contribution in [-0.2, 0) is 33.7 Å². The molecule has 4 aromatic rings. The topological polar surface area (TPSA) is 119 Å². The van der Waals surface area contributed by atoms with E-state index in [4.69, 9.17) is 10.5 Å². The second kappa shape index (κ2) is 15.2. The zero-order chi connectivity index (χ0) is 29.9. The number of nitrogens with zero attached hydrogens (tertiary/aromatic N) is 2. The highest BCUT2D eigenvalue weighted by Crippen LogP contribution is 2.26. The van der Waals surface area contributed by atoms with Gasteiger partial charge in [-0.2, -0.15) is 0 Å². The predicted molar refractivity (Wildman–Crippen MR) is 159 cm³/mol. The highest BCUT2D eigenvalue weighted by atomic mass is 32.1. The number of halogens is 2. The van der Waals surface area contributed by atoms with Crippen LogP contribution >= 0.6 is 11.3 Å². The van der Waals surface area contributed by atoms with Crippen LogP contribution in [0.15, 0.2) is 72.8 Å². The first kappa shape index (κ1) is 30.9. The van der Waals surface area contributed by atoms with Crippen LogP contribution in [0.4, 0.5) is 13.9 Å². The summed E-state index contributed by atoms with van der Waals surface area (Å²) < 4.78 is 33.1. The number of hydrogen-bond donors (Lipinski definition) is 3.